The average molecular weight is 208 g/mol. The highest BCUT2D eigenvalue weighted by Gasteiger charge is 2.16. The summed E-state index contributed by atoms with van der Waals surface area (Å²) in [6.07, 6.45) is 0. The van der Waals surface area contributed by atoms with Gasteiger partial charge in [-0.25, -0.2) is 0 Å². The maximum Gasteiger partial charge on any atom is 0.0497 e. The summed E-state index contributed by atoms with van der Waals surface area (Å²) in [6, 6.07) is 4.23. The Hall–Kier alpha value is -0.800. The third-order valence-corrected chi connectivity index (χ3v) is 3.61. The minimum absolute atomic E-state index is 1.10. The Balaban J connectivity index is 1.99. The van der Waals surface area contributed by atoms with Crippen LogP contribution in [0.3, 0.4) is 0 Å². The van der Waals surface area contributed by atoms with Crippen molar-refractivity contribution in [1.29, 1.82) is 0 Å². The smallest absolute Gasteiger partial charge is 0.0497 e. The second kappa shape index (κ2) is 4.15. The first kappa shape index (κ1) is 9.74. The Morgan fingerprint density at radius 1 is 1.36 bits per heavy atom. The summed E-state index contributed by atoms with van der Waals surface area (Å²) < 4.78 is 0. The van der Waals surface area contributed by atoms with Crippen LogP contribution in [0.15, 0.2) is 24.1 Å². The molecule has 0 spiro atoms. The molecular weight excluding hydrogens is 192 g/mol. The SMILES string of the molecule is C=C(c1cccs1)N1CCN(C)CC1. The fraction of sp³-hybridized carbons (Fsp3) is 0.455. The van der Waals surface area contributed by atoms with Gasteiger partial charge in [-0.15, -0.1) is 11.3 Å². The highest BCUT2D eigenvalue weighted by molar-refractivity contribution is 7.11. The predicted molar refractivity (Wildman–Crippen MR) is 62.4 cm³/mol. The zero-order chi connectivity index (χ0) is 9.97. The molecule has 1 aromatic heterocycles. The van der Waals surface area contributed by atoms with Crippen molar-refractivity contribution in [3.8, 4) is 0 Å². The van der Waals surface area contributed by atoms with E-state index in [1.807, 2.05) is 0 Å². The molecule has 1 aliphatic rings. The van der Waals surface area contributed by atoms with Crippen molar-refractivity contribution < 1.29 is 0 Å². The van der Waals surface area contributed by atoms with Crippen LogP contribution in [0.4, 0.5) is 0 Å². The van der Waals surface area contributed by atoms with Crippen molar-refractivity contribution in [2.75, 3.05) is 33.2 Å². The van der Waals surface area contributed by atoms with E-state index in [1.54, 1.807) is 11.3 Å². The topological polar surface area (TPSA) is 6.48 Å². The second-order valence-corrected chi connectivity index (χ2v) is 4.66. The molecule has 0 unspecified atom stereocenters. The molecular formula is C11H16N2S. The van der Waals surface area contributed by atoms with Crippen molar-refractivity contribution >= 4 is 17.0 Å². The molecule has 3 heteroatoms. The molecule has 0 amide bonds. The number of piperazine rings is 1. The number of rotatable bonds is 2. The van der Waals surface area contributed by atoms with E-state index in [9.17, 15) is 0 Å². The Bertz CT molecular complexity index is 297. The molecule has 1 aromatic rings. The van der Waals surface area contributed by atoms with Crippen LogP contribution in [0.2, 0.25) is 0 Å². The van der Waals surface area contributed by atoms with E-state index in [4.69, 9.17) is 0 Å². The van der Waals surface area contributed by atoms with Crippen LogP contribution < -0.4 is 0 Å². The number of likely N-dealkylation sites (N-methyl/N-ethyl adjacent to an activating group) is 1. The van der Waals surface area contributed by atoms with E-state index in [2.05, 4.69) is 40.9 Å². The maximum absolute atomic E-state index is 4.16. The summed E-state index contributed by atoms with van der Waals surface area (Å²) in [7, 11) is 2.17. The van der Waals surface area contributed by atoms with Crippen LogP contribution in [0.25, 0.3) is 5.70 Å². The molecule has 1 saturated heterocycles. The zero-order valence-corrected chi connectivity index (χ0v) is 9.39. The van der Waals surface area contributed by atoms with Crippen LogP contribution >= 0.6 is 11.3 Å². The van der Waals surface area contributed by atoms with Crippen LogP contribution in [-0.2, 0) is 0 Å². The molecule has 2 nitrogen and oxygen atoms in total. The van der Waals surface area contributed by atoms with Crippen molar-refractivity contribution in [2.24, 2.45) is 0 Å². The van der Waals surface area contributed by atoms with E-state index in [-0.39, 0.29) is 0 Å². The van der Waals surface area contributed by atoms with E-state index in [1.165, 1.54) is 10.6 Å². The van der Waals surface area contributed by atoms with Crippen LogP contribution in [0.5, 0.6) is 0 Å². The van der Waals surface area contributed by atoms with Crippen LogP contribution in [0.1, 0.15) is 4.88 Å². The van der Waals surface area contributed by atoms with Gasteiger partial charge < -0.3 is 9.80 Å². The third kappa shape index (κ3) is 1.99. The average Bonchev–Trinajstić information content (AvgIpc) is 2.71. The van der Waals surface area contributed by atoms with Gasteiger partial charge in [0.1, 0.15) is 0 Å². The van der Waals surface area contributed by atoms with Gasteiger partial charge in [-0.2, -0.15) is 0 Å². The number of hydrogen-bond acceptors (Lipinski definition) is 3. The van der Waals surface area contributed by atoms with Gasteiger partial charge in [-0.3, -0.25) is 0 Å². The molecule has 0 N–H and O–H groups in total. The van der Waals surface area contributed by atoms with Gasteiger partial charge in [0.05, 0.1) is 0 Å². The first-order valence-corrected chi connectivity index (χ1v) is 5.81. The molecule has 0 aromatic carbocycles. The highest BCUT2D eigenvalue weighted by atomic mass is 32.1. The molecule has 0 radical (unpaired) electrons. The Morgan fingerprint density at radius 2 is 2.07 bits per heavy atom. The predicted octanol–water partition coefficient (Wildman–Crippen LogP) is 1.97. The quantitative estimate of drug-likeness (QED) is 0.733. The summed E-state index contributed by atoms with van der Waals surface area (Å²) in [5.74, 6) is 0. The molecule has 2 rings (SSSR count). The van der Waals surface area contributed by atoms with Crippen LogP contribution in [0, 0.1) is 0 Å². The van der Waals surface area contributed by atoms with Crippen molar-refractivity contribution in [3.05, 3.63) is 29.0 Å². The largest absolute Gasteiger partial charge is 0.368 e. The van der Waals surface area contributed by atoms with Gasteiger partial charge in [-0.05, 0) is 18.5 Å². The van der Waals surface area contributed by atoms with Crippen molar-refractivity contribution in [2.45, 2.75) is 0 Å². The molecule has 14 heavy (non-hydrogen) atoms. The normalized spacial score (nSPS) is 18.5. The molecule has 1 aliphatic heterocycles. The van der Waals surface area contributed by atoms with Crippen LogP contribution in [-0.4, -0.2) is 43.0 Å². The molecule has 0 atom stereocenters. The fourth-order valence-corrected chi connectivity index (χ4v) is 2.40. The summed E-state index contributed by atoms with van der Waals surface area (Å²) >= 11 is 1.77. The molecule has 0 bridgehead atoms. The lowest BCUT2D eigenvalue weighted by atomic mass is 10.2. The summed E-state index contributed by atoms with van der Waals surface area (Å²) in [5, 5.41) is 2.11. The van der Waals surface area contributed by atoms with Gasteiger partial charge in [0.15, 0.2) is 0 Å². The van der Waals surface area contributed by atoms with Crippen molar-refractivity contribution in [1.82, 2.24) is 9.80 Å². The molecule has 2 heterocycles. The lowest BCUT2D eigenvalue weighted by molar-refractivity contribution is 0.208. The number of thiophene rings is 1. The van der Waals surface area contributed by atoms with E-state index < -0.39 is 0 Å². The first-order valence-electron chi connectivity index (χ1n) is 4.93. The lowest BCUT2D eigenvalue weighted by Gasteiger charge is -2.34. The first-order chi connectivity index (χ1) is 6.77. The Labute approximate surface area is 89.5 Å². The zero-order valence-electron chi connectivity index (χ0n) is 8.57. The molecule has 0 saturated carbocycles. The summed E-state index contributed by atoms with van der Waals surface area (Å²) in [4.78, 5) is 6.04. The van der Waals surface area contributed by atoms with Gasteiger partial charge in [0.2, 0.25) is 0 Å². The van der Waals surface area contributed by atoms with Gasteiger partial charge >= 0.3 is 0 Å². The fourth-order valence-electron chi connectivity index (χ4n) is 1.67. The van der Waals surface area contributed by atoms with Crippen molar-refractivity contribution in [3.63, 3.8) is 0 Å². The monoisotopic (exact) mass is 208 g/mol. The van der Waals surface area contributed by atoms with E-state index in [0.29, 0.717) is 0 Å². The van der Waals surface area contributed by atoms with Gasteiger partial charge in [0.25, 0.3) is 0 Å². The molecule has 76 valence electrons. The summed E-state index contributed by atoms with van der Waals surface area (Å²) in [5.41, 5.74) is 1.19. The minimum Gasteiger partial charge on any atom is -0.368 e. The van der Waals surface area contributed by atoms with E-state index in [0.717, 1.165) is 26.2 Å². The minimum atomic E-state index is 1.10. The molecule has 1 fully saturated rings. The number of nitrogens with zero attached hydrogens (tertiary/aromatic N) is 2. The van der Waals surface area contributed by atoms with Gasteiger partial charge in [0, 0.05) is 36.8 Å². The Morgan fingerprint density at radius 3 is 2.64 bits per heavy atom. The Kier molecular flexibility index (Phi) is 2.89. The second-order valence-electron chi connectivity index (χ2n) is 3.71. The lowest BCUT2D eigenvalue weighted by Crippen LogP contribution is -2.43. The third-order valence-electron chi connectivity index (χ3n) is 2.69. The van der Waals surface area contributed by atoms with Gasteiger partial charge in [-0.1, -0.05) is 12.6 Å². The maximum atomic E-state index is 4.16. The van der Waals surface area contributed by atoms with E-state index >= 15 is 0 Å². The molecule has 0 aliphatic carbocycles. The number of hydrogen-bond donors (Lipinski definition) is 0. The highest BCUT2D eigenvalue weighted by Crippen LogP contribution is 2.22. The standard InChI is InChI=1S/C11H16N2S/c1-10(11-4-3-9-14-11)13-7-5-12(2)6-8-13/h3-4,9H,1,5-8H2,2H3. The summed E-state index contributed by atoms with van der Waals surface area (Å²) in [6.45, 7) is 8.66.